The summed E-state index contributed by atoms with van der Waals surface area (Å²) in [6.45, 7) is 4.07. The Balaban J connectivity index is 1.39. The average Bonchev–Trinajstić information content (AvgIpc) is 3.66. The molecule has 3 aromatic carbocycles. The molecule has 0 radical (unpaired) electrons. The molecule has 2 heterocycles. The number of ketones is 1. The van der Waals surface area contributed by atoms with Gasteiger partial charge in [-0.25, -0.2) is 9.69 Å². The van der Waals surface area contributed by atoms with Gasteiger partial charge in [0.25, 0.3) is 0 Å². The molecule has 2 amide bonds. The third kappa shape index (κ3) is 8.70. The third-order valence-corrected chi connectivity index (χ3v) is 9.23. The van der Waals surface area contributed by atoms with Crippen molar-refractivity contribution in [2.45, 2.75) is 90.2 Å². The highest BCUT2D eigenvalue weighted by molar-refractivity contribution is 6.12. The Hall–Kier alpha value is -4.49. The maximum Gasteiger partial charge on any atom is 0.417 e. The van der Waals surface area contributed by atoms with Crippen LogP contribution in [0.1, 0.15) is 97.4 Å². The maximum absolute atomic E-state index is 14.4. The predicted molar refractivity (Wildman–Crippen MR) is 187 cm³/mol. The molecule has 0 spiro atoms. The standard InChI is InChI=1S/C41H47NO6/c1-29-18-17-23-33(26-29)34-28-37(47-36(34)24-15-7-5-3-4-6-8-16-25-43)38(44)35(27-31-19-11-9-12-20-31)40(45)42-30(2)39(48-41(42)46)32-21-13-10-14-22-32/h9-14,17-23,26,28,30,35,39,43H,3-8,15-16,24-25,27H2,1-2H3/t30-,35-,39-/m1/s1. The maximum atomic E-state index is 14.4. The molecule has 1 saturated heterocycles. The lowest BCUT2D eigenvalue weighted by Crippen LogP contribution is -2.44. The van der Waals surface area contributed by atoms with Gasteiger partial charge in [-0.3, -0.25) is 9.59 Å². The molecule has 3 atom stereocenters. The molecule has 48 heavy (non-hydrogen) atoms. The SMILES string of the molecule is Cc1cccc(-c2cc(C(=O)[C@@H](Cc3ccccc3)C(=O)N3C(=O)O[C@@H](c4ccccc4)[C@H]3C)oc2CCCCCCCCCCO)c1. The van der Waals surface area contributed by atoms with Crippen LogP contribution in [0.25, 0.3) is 11.1 Å². The smallest absolute Gasteiger partial charge is 0.417 e. The molecular formula is C41H47NO6. The van der Waals surface area contributed by atoms with Gasteiger partial charge in [0.1, 0.15) is 17.8 Å². The summed E-state index contributed by atoms with van der Waals surface area (Å²) in [5, 5.41) is 8.98. The number of hydrogen-bond acceptors (Lipinski definition) is 6. The summed E-state index contributed by atoms with van der Waals surface area (Å²) >= 11 is 0. The normalized spacial score (nSPS) is 16.6. The van der Waals surface area contributed by atoms with Crippen molar-refractivity contribution in [3.05, 3.63) is 119 Å². The Kier molecular flexibility index (Phi) is 12.4. The number of benzene rings is 3. The number of furan rings is 1. The van der Waals surface area contributed by atoms with Crippen LogP contribution in [0.4, 0.5) is 4.79 Å². The quantitative estimate of drug-likeness (QED) is 0.0696. The number of aliphatic hydroxyl groups excluding tert-OH is 1. The molecule has 0 saturated carbocycles. The number of amides is 2. The first-order valence-electron chi connectivity index (χ1n) is 17.3. The van der Waals surface area contributed by atoms with Crippen LogP contribution in [0, 0.1) is 12.8 Å². The van der Waals surface area contributed by atoms with Gasteiger partial charge in [0.05, 0.1) is 6.04 Å². The van der Waals surface area contributed by atoms with Gasteiger partial charge in [-0.15, -0.1) is 0 Å². The van der Waals surface area contributed by atoms with E-state index in [2.05, 4.69) is 6.07 Å². The molecular weight excluding hydrogens is 602 g/mol. The third-order valence-electron chi connectivity index (χ3n) is 9.23. The number of rotatable bonds is 17. The molecule has 0 aliphatic carbocycles. The number of imide groups is 1. The van der Waals surface area contributed by atoms with Gasteiger partial charge < -0.3 is 14.3 Å². The number of nitrogens with zero attached hydrogens (tertiary/aromatic N) is 1. The van der Waals surface area contributed by atoms with Crippen molar-refractivity contribution in [2.75, 3.05) is 6.61 Å². The first kappa shape index (κ1) is 34.8. The van der Waals surface area contributed by atoms with E-state index in [9.17, 15) is 14.4 Å². The first-order valence-corrected chi connectivity index (χ1v) is 17.3. The van der Waals surface area contributed by atoms with Gasteiger partial charge in [0.2, 0.25) is 11.7 Å². The average molecular weight is 650 g/mol. The van der Waals surface area contributed by atoms with Crippen LogP contribution in [0.3, 0.4) is 0 Å². The molecule has 1 aliphatic rings. The summed E-state index contributed by atoms with van der Waals surface area (Å²) in [6.07, 6.45) is 7.91. The number of carbonyl (C=O) groups excluding carboxylic acids is 3. The van der Waals surface area contributed by atoms with E-state index in [1.807, 2.05) is 85.8 Å². The van der Waals surface area contributed by atoms with E-state index in [0.29, 0.717) is 6.42 Å². The van der Waals surface area contributed by atoms with Gasteiger partial charge in [-0.2, -0.15) is 0 Å². The summed E-state index contributed by atoms with van der Waals surface area (Å²) in [5.74, 6) is -1.36. The number of aliphatic hydroxyl groups is 1. The lowest BCUT2D eigenvalue weighted by Gasteiger charge is -2.23. The molecule has 7 heteroatoms. The van der Waals surface area contributed by atoms with Crippen molar-refractivity contribution in [1.82, 2.24) is 4.90 Å². The van der Waals surface area contributed by atoms with E-state index in [4.69, 9.17) is 14.3 Å². The summed E-state index contributed by atoms with van der Waals surface area (Å²) in [7, 11) is 0. The van der Waals surface area contributed by atoms with Crippen LogP contribution >= 0.6 is 0 Å². The van der Waals surface area contributed by atoms with Gasteiger partial charge >= 0.3 is 6.09 Å². The Bertz CT molecular complexity index is 1650. The first-order chi connectivity index (χ1) is 23.4. The number of unbranched alkanes of at least 4 members (excludes halogenated alkanes) is 7. The molecule has 1 fully saturated rings. The van der Waals surface area contributed by atoms with Gasteiger partial charge in [-0.1, -0.05) is 129 Å². The monoisotopic (exact) mass is 649 g/mol. The molecule has 0 bridgehead atoms. The highest BCUT2D eigenvalue weighted by Gasteiger charge is 2.47. The zero-order valence-electron chi connectivity index (χ0n) is 28.1. The molecule has 7 nitrogen and oxygen atoms in total. The molecule has 1 aliphatic heterocycles. The van der Waals surface area contributed by atoms with Gasteiger partial charge in [0, 0.05) is 18.6 Å². The minimum Gasteiger partial charge on any atom is -0.457 e. The molecule has 0 unspecified atom stereocenters. The van der Waals surface area contributed by atoms with E-state index in [1.165, 1.54) is 6.42 Å². The second-order valence-electron chi connectivity index (χ2n) is 12.9. The minimum atomic E-state index is -1.17. The fourth-order valence-electron chi connectivity index (χ4n) is 6.58. The van der Waals surface area contributed by atoms with Crippen molar-refractivity contribution < 1.29 is 28.6 Å². The lowest BCUT2D eigenvalue weighted by atomic mass is 9.91. The number of cyclic esters (lactones) is 1. The van der Waals surface area contributed by atoms with Crippen LogP contribution < -0.4 is 0 Å². The largest absolute Gasteiger partial charge is 0.457 e. The fraction of sp³-hybridized carbons (Fsp3) is 0.390. The van der Waals surface area contributed by atoms with Crippen molar-refractivity contribution in [2.24, 2.45) is 5.92 Å². The Morgan fingerprint density at radius 1 is 0.812 bits per heavy atom. The Labute approximate surface area is 283 Å². The number of aryl methyl sites for hydroxylation is 2. The van der Waals surface area contributed by atoms with Crippen molar-refractivity contribution in [3.63, 3.8) is 0 Å². The van der Waals surface area contributed by atoms with Crippen molar-refractivity contribution >= 4 is 17.8 Å². The summed E-state index contributed by atoms with van der Waals surface area (Å²) in [6, 6.07) is 28.0. The number of Topliss-reactive ketones (excluding diaryl/α,β-unsaturated/α-hetero) is 1. The Morgan fingerprint density at radius 3 is 2.12 bits per heavy atom. The number of ether oxygens (including phenoxy) is 1. The second kappa shape index (κ2) is 17.1. The van der Waals surface area contributed by atoms with E-state index >= 15 is 0 Å². The molecule has 1 aromatic heterocycles. The van der Waals surface area contributed by atoms with Crippen molar-refractivity contribution in [1.29, 1.82) is 0 Å². The van der Waals surface area contributed by atoms with Crippen LogP contribution in [-0.2, 0) is 22.4 Å². The second-order valence-corrected chi connectivity index (χ2v) is 12.9. The zero-order chi connectivity index (χ0) is 33.9. The van der Waals surface area contributed by atoms with Crippen molar-refractivity contribution in [3.8, 4) is 11.1 Å². The molecule has 252 valence electrons. The molecule has 4 aromatic rings. The highest BCUT2D eigenvalue weighted by atomic mass is 16.6. The van der Waals surface area contributed by atoms with E-state index in [-0.39, 0.29) is 18.8 Å². The predicted octanol–water partition coefficient (Wildman–Crippen LogP) is 9.06. The lowest BCUT2D eigenvalue weighted by molar-refractivity contribution is -0.131. The summed E-state index contributed by atoms with van der Waals surface area (Å²) in [4.78, 5) is 43.0. The van der Waals surface area contributed by atoms with E-state index < -0.39 is 35.8 Å². The van der Waals surface area contributed by atoms with E-state index in [1.54, 1.807) is 13.0 Å². The summed E-state index contributed by atoms with van der Waals surface area (Å²) < 4.78 is 12.0. The molecule has 1 N–H and O–H groups in total. The fourth-order valence-corrected chi connectivity index (χ4v) is 6.58. The summed E-state index contributed by atoms with van der Waals surface area (Å²) in [5.41, 5.74) is 4.52. The van der Waals surface area contributed by atoms with Crippen LogP contribution in [0.15, 0.2) is 95.4 Å². The van der Waals surface area contributed by atoms with E-state index in [0.717, 1.165) is 83.4 Å². The minimum absolute atomic E-state index is 0.124. The van der Waals surface area contributed by atoms with Crippen LogP contribution in [0.5, 0.6) is 0 Å². The van der Waals surface area contributed by atoms with Crippen LogP contribution in [0.2, 0.25) is 0 Å². The number of carbonyl (C=O) groups is 3. The van der Waals surface area contributed by atoms with Gasteiger partial charge in [-0.05, 0) is 55.9 Å². The molecule has 5 rings (SSSR count). The van der Waals surface area contributed by atoms with Crippen LogP contribution in [-0.4, -0.2) is 40.4 Å². The topological polar surface area (TPSA) is 97.1 Å². The highest BCUT2D eigenvalue weighted by Crippen LogP contribution is 2.36. The Morgan fingerprint density at radius 2 is 1.46 bits per heavy atom. The zero-order valence-corrected chi connectivity index (χ0v) is 28.1. The number of hydrogen-bond donors (Lipinski definition) is 1. The van der Waals surface area contributed by atoms with Gasteiger partial charge in [0.15, 0.2) is 5.76 Å².